The maximum absolute atomic E-state index is 13.9. The third kappa shape index (κ3) is 4.85. The van der Waals surface area contributed by atoms with E-state index in [0.29, 0.717) is 48.6 Å². The van der Waals surface area contributed by atoms with Gasteiger partial charge < -0.3 is 25.4 Å². The van der Waals surface area contributed by atoms with Gasteiger partial charge >= 0.3 is 0 Å². The zero-order valence-corrected chi connectivity index (χ0v) is 21.3. The molecule has 2 unspecified atom stereocenters. The van der Waals surface area contributed by atoms with Crippen LogP contribution in [0.4, 0.5) is 11.4 Å². The van der Waals surface area contributed by atoms with Crippen molar-refractivity contribution >= 4 is 40.7 Å². The predicted octanol–water partition coefficient (Wildman–Crippen LogP) is 3.84. The smallest absolute Gasteiger partial charge is 0.250 e. The molecule has 5 rings (SSSR count). The lowest BCUT2D eigenvalue weighted by Gasteiger charge is -2.33. The fourth-order valence-electron chi connectivity index (χ4n) is 6.23. The Morgan fingerprint density at radius 3 is 2.38 bits per heavy atom. The van der Waals surface area contributed by atoms with E-state index in [4.69, 9.17) is 21.4 Å². The Kier molecular flexibility index (Phi) is 7.51. The van der Waals surface area contributed by atoms with Crippen molar-refractivity contribution in [3.63, 3.8) is 0 Å². The van der Waals surface area contributed by atoms with E-state index >= 15 is 0 Å². The standard InChI is InChI=1S/C28H32ClN3O5/c29-18-10-12-20(13-11-18)31-26(35)24-28-15-14-21(37-28)22(25(34)30-19-8-4-3-5-9-19)23(28)27(36)32(24)16-6-1-2-7-17-33/h3-5,8-13,21-24,33H,1-2,6-7,14-17H2,(H,30,34)(H,31,35)/t21-,22+,23-,24?,28?/m0/s1. The second-order valence-corrected chi connectivity index (χ2v) is 10.5. The van der Waals surface area contributed by atoms with Crippen LogP contribution in [0.1, 0.15) is 38.5 Å². The van der Waals surface area contributed by atoms with Crippen LogP contribution >= 0.6 is 11.6 Å². The molecular formula is C28H32ClN3O5. The van der Waals surface area contributed by atoms with Crippen molar-refractivity contribution in [2.45, 2.75) is 56.3 Å². The summed E-state index contributed by atoms with van der Waals surface area (Å²) < 4.78 is 6.45. The molecule has 2 aromatic carbocycles. The van der Waals surface area contributed by atoms with Crippen LogP contribution in [-0.4, -0.2) is 58.6 Å². The molecule has 0 aliphatic carbocycles. The Morgan fingerprint density at radius 2 is 1.65 bits per heavy atom. The lowest BCUT2D eigenvalue weighted by Crippen LogP contribution is -2.53. The maximum atomic E-state index is 13.9. The molecule has 3 heterocycles. The molecule has 2 aromatic rings. The number of anilines is 2. The minimum atomic E-state index is -1.04. The number of aliphatic hydroxyl groups is 1. The van der Waals surface area contributed by atoms with E-state index in [-0.39, 0.29) is 24.3 Å². The third-order valence-electron chi connectivity index (χ3n) is 7.81. The number of hydrogen-bond donors (Lipinski definition) is 3. The highest BCUT2D eigenvalue weighted by Gasteiger charge is 2.74. The van der Waals surface area contributed by atoms with E-state index < -0.39 is 29.6 Å². The molecule has 3 N–H and O–H groups in total. The molecule has 3 aliphatic heterocycles. The number of likely N-dealkylation sites (tertiary alicyclic amines) is 1. The maximum Gasteiger partial charge on any atom is 0.250 e. The SMILES string of the molecule is O=C(Nc1ccc(Cl)cc1)C1N(CCCCCCO)C(=O)[C@@H]2[C@H](C(=O)Nc3ccccc3)[C@@H]3CCC12O3. The van der Waals surface area contributed by atoms with Crippen LogP contribution in [0.2, 0.25) is 5.02 Å². The van der Waals surface area contributed by atoms with Gasteiger partial charge in [-0.2, -0.15) is 0 Å². The molecule has 37 heavy (non-hydrogen) atoms. The Morgan fingerprint density at radius 1 is 0.973 bits per heavy atom. The minimum absolute atomic E-state index is 0.132. The summed E-state index contributed by atoms with van der Waals surface area (Å²) in [5.41, 5.74) is 0.199. The van der Waals surface area contributed by atoms with Gasteiger partial charge in [-0.25, -0.2) is 0 Å². The number of ether oxygens (including phenoxy) is 1. The van der Waals surface area contributed by atoms with Gasteiger partial charge in [0, 0.05) is 29.5 Å². The molecule has 196 valence electrons. The van der Waals surface area contributed by atoms with Crippen molar-refractivity contribution < 1.29 is 24.2 Å². The summed E-state index contributed by atoms with van der Waals surface area (Å²) in [5.74, 6) is -2.15. The number of rotatable bonds is 10. The number of carbonyl (C=O) groups excluding carboxylic acids is 3. The summed E-state index contributed by atoms with van der Waals surface area (Å²) in [5, 5.41) is 15.5. The quantitative estimate of drug-likeness (QED) is 0.408. The van der Waals surface area contributed by atoms with Crippen LogP contribution in [0.5, 0.6) is 0 Å². The summed E-state index contributed by atoms with van der Waals surface area (Å²) >= 11 is 6.00. The highest BCUT2D eigenvalue weighted by Crippen LogP contribution is 2.58. The molecular weight excluding hydrogens is 494 g/mol. The van der Waals surface area contributed by atoms with Crippen LogP contribution < -0.4 is 10.6 Å². The molecule has 0 saturated carbocycles. The van der Waals surface area contributed by atoms with E-state index in [9.17, 15) is 14.4 Å². The number of carbonyl (C=O) groups is 3. The summed E-state index contributed by atoms with van der Waals surface area (Å²) in [6.07, 6.45) is 3.82. The molecule has 2 bridgehead atoms. The van der Waals surface area contributed by atoms with Gasteiger partial charge in [0.25, 0.3) is 0 Å². The monoisotopic (exact) mass is 525 g/mol. The van der Waals surface area contributed by atoms with Gasteiger partial charge in [0.1, 0.15) is 11.6 Å². The first kappa shape index (κ1) is 25.7. The molecule has 1 spiro atoms. The van der Waals surface area contributed by atoms with Gasteiger partial charge in [-0.15, -0.1) is 0 Å². The van der Waals surface area contributed by atoms with Crippen molar-refractivity contribution in [3.05, 3.63) is 59.6 Å². The van der Waals surface area contributed by atoms with Crippen molar-refractivity contribution in [3.8, 4) is 0 Å². The predicted molar refractivity (Wildman–Crippen MR) is 140 cm³/mol. The molecule has 0 radical (unpaired) electrons. The molecule has 0 aromatic heterocycles. The number of unbranched alkanes of at least 4 members (excludes halogenated alkanes) is 3. The van der Waals surface area contributed by atoms with Crippen LogP contribution in [0, 0.1) is 11.8 Å². The number of amides is 3. The first-order chi connectivity index (χ1) is 17.9. The van der Waals surface area contributed by atoms with Crippen LogP contribution in [0.25, 0.3) is 0 Å². The Balaban J connectivity index is 1.41. The van der Waals surface area contributed by atoms with Crippen LogP contribution in [0.15, 0.2) is 54.6 Å². The molecule has 9 heteroatoms. The van der Waals surface area contributed by atoms with Crippen LogP contribution in [0.3, 0.4) is 0 Å². The molecule has 3 saturated heterocycles. The van der Waals surface area contributed by atoms with Gasteiger partial charge in [0.2, 0.25) is 17.7 Å². The van der Waals surface area contributed by atoms with E-state index in [1.807, 2.05) is 18.2 Å². The van der Waals surface area contributed by atoms with Gasteiger partial charge in [0.15, 0.2) is 0 Å². The first-order valence-corrected chi connectivity index (χ1v) is 13.3. The van der Waals surface area contributed by atoms with Crippen LogP contribution in [-0.2, 0) is 19.1 Å². The Hall–Kier alpha value is -2.94. The molecule has 8 nitrogen and oxygen atoms in total. The number of para-hydroxylation sites is 1. The molecule has 3 aliphatic rings. The summed E-state index contributed by atoms with van der Waals surface area (Å²) in [6.45, 7) is 0.523. The van der Waals surface area contributed by atoms with Gasteiger partial charge in [-0.1, -0.05) is 42.6 Å². The average molecular weight is 526 g/mol. The second kappa shape index (κ2) is 10.8. The molecule has 5 atom stereocenters. The third-order valence-corrected chi connectivity index (χ3v) is 8.06. The van der Waals surface area contributed by atoms with E-state index in [0.717, 1.165) is 12.8 Å². The number of halogens is 1. The Labute approximate surface area is 221 Å². The summed E-state index contributed by atoms with van der Waals surface area (Å²) in [7, 11) is 0. The lowest BCUT2D eigenvalue weighted by atomic mass is 9.70. The number of aliphatic hydroxyl groups excluding tert-OH is 1. The molecule has 3 fully saturated rings. The minimum Gasteiger partial charge on any atom is -0.396 e. The number of hydrogen-bond acceptors (Lipinski definition) is 5. The van der Waals surface area contributed by atoms with Crippen molar-refractivity contribution in [2.24, 2.45) is 11.8 Å². The van der Waals surface area contributed by atoms with Gasteiger partial charge in [-0.05, 0) is 62.1 Å². The zero-order valence-electron chi connectivity index (χ0n) is 20.6. The average Bonchev–Trinajstić information content (AvgIpc) is 3.53. The van der Waals surface area contributed by atoms with E-state index in [2.05, 4.69) is 10.6 Å². The van der Waals surface area contributed by atoms with E-state index in [1.54, 1.807) is 41.3 Å². The second-order valence-electron chi connectivity index (χ2n) is 10.1. The van der Waals surface area contributed by atoms with Gasteiger partial charge in [0.05, 0.1) is 17.9 Å². The summed E-state index contributed by atoms with van der Waals surface area (Å²) in [4.78, 5) is 42.7. The fourth-order valence-corrected chi connectivity index (χ4v) is 6.36. The largest absolute Gasteiger partial charge is 0.396 e. The first-order valence-electron chi connectivity index (χ1n) is 13.0. The fraction of sp³-hybridized carbons (Fsp3) is 0.464. The highest BCUT2D eigenvalue weighted by molar-refractivity contribution is 6.30. The normalized spacial score (nSPS) is 27.8. The van der Waals surface area contributed by atoms with E-state index in [1.165, 1.54) is 0 Å². The Bertz CT molecular complexity index is 1140. The van der Waals surface area contributed by atoms with Crippen molar-refractivity contribution in [1.29, 1.82) is 0 Å². The topological polar surface area (TPSA) is 108 Å². The lowest BCUT2D eigenvalue weighted by molar-refractivity contribution is -0.139. The number of nitrogens with one attached hydrogen (secondary N) is 2. The highest BCUT2D eigenvalue weighted by atomic mass is 35.5. The van der Waals surface area contributed by atoms with Gasteiger partial charge in [-0.3, -0.25) is 14.4 Å². The number of nitrogens with zero attached hydrogens (tertiary/aromatic N) is 1. The zero-order chi connectivity index (χ0) is 26.0. The number of benzene rings is 2. The summed E-state index contributed by atoms with van der Waals surface area (Å²) in [6, 6.07) is 15.1. The van der Waals surface area contributed by atoms with Crippen molar-refractivity contribution in [1.82, 2.24) is 4.90 Å². The molecule has 3 amide bonds. The number of fused-ring (bicyclic) bond motifs is 1. The van der Waals surface area contributed by atoms with Crippen molar-refractivity contribution in [2.75, 3.05) is 23.8 Å².